The van der Waals surface area contributed by atoms with Crippen molar-refractivity contribution in [3.63, 3.8) is 0 Å². The van der Waals surface area contributed by atoms with Crippen molar-refractivity contribution < 1.29 is 19.4 Å². The number of phenolic OH excluding ortho intramolecular Hbond substituents is 1. The standard InChI is InChI=1S/C23H23N3O4/c1-23-11-17(15-4-2-3-5-19(15)30-23)20(21(24)28)22(29)26(23)9-8-13-12-25-18-7-6-14(27)10-16(13)18/h2-7,10,12,17,20,25,27H,8-9,11H2,1H3,(H2,24,28)/t17-,20-,23-/m0/s1. The number of fused-ring (bicyclic) bond motifs is 5. The zero-order chi connectivity index (χ0) is 21.0. The van der Waals surface area contributed by atoms with Gasteiger partial charge < -0.3 is 25.5 Å². The lowest BCUT2D eigenvalue weighted by Crippen LogP contribution is -2.64. The van der Waals surface area contributed by atoms with Gasteiger partial charge >= 0.3 is 0 Å². The number of nitrogens with one attached hydrogen (secondary N) is 1. The van der Waals surface area contributed by atoms with Gasteiger partial charge in [-0.05, 0) is 48.7 Å². The molecule has 154 valence electrons. The molecule has 30 heavy (non-hydrogen) atoms. The van der Waals surface area contributed by atoms with Crippen molar-refractivity contribution in [3.05, 3.63) is 59.8 Å². The van der Waals surface area contributed by atoms with E-state index in [1.165, 1.54) is 0 Å². The second-order valence-electron chi connectivity index (χ2n) is 8.29. The number of para-hydroxylation sites is 1. The van der Waals surface area contributed by atoms with Crippen molar-refractivity contribution >= 4 is 22.7 Å². The number of aromatic nitrogens is 1. The number of nitrogens with two attached hydrogens (primary N) is 1. The summed E-state index contributed by atoms with van der Waals surface area (Å²) in [6.07, 6.45) is 2.94. The fourth-order valence-corrected chi connectivity index (χ4v) is 4.98. The van der Waals surface area contributed by atoms with Gasteiger partial charge in [-0.3, -0.25) is 9.59 Å². The van der Waals surface area contributed by atoms with Gasteiger partial charge in [-0.2, -0.15) is 0 Å². The van der Waals surface area contributed by atoms with E-state index in [1.54, 1.807) is 17.0 Å². The van der Waals surface area contributed by atoms with Crippen LogP contribution < -0.4 is 10.5 Å². The molecule has 2 aliphatic heterocycles. The maximum absolute atomic E-state index is 13.4. The van der Waals surface area contributed by atoms with Crippen molar-refractivity contribution in [2.75, 3.05) is 6.54 Å². The number of piperidine rings is 1. The fraction of sp³-hybridized carbons (Fsp3) is 0.304. The molecule has 4 N–H and O–H groups in total. The van der Waals surface area contributed by atoms with E-state index in [-0.39, 0.29) is 17.6 Å². The summed E-state index contributed by atoms with van der Waals surface area (Å²) in [5.41, 5.74) is 7.58. The van der Waals surface area contributed by atoms with Crippen LogP contribution in [0.1, 0.15) is 30.4 Å². The van der Waals surface area contributed by atoms with Crippen molar-refractivity contribution in [2.45, 2.75) is 31.4 Å². The fourth-order valence-electron chi connectivity index (χ4n) is 4.98. The van der Waals surface area contributed by atoms with Crippen molar-refractivity contribution in [1.29, 1.82) is 0 Å². The molecular weight excluding hydrogens is 382 g/mol. The van der Waals surface area contributed by atoms with Crippen molar-refractivity contribution in [2.24, 2.45) is 11.7 Å². The highest BCUT2D eigenvalue weighted by Gasteiger charge is 2.55. The normalized spacial score (nSPS) is 25.1. The molecule has 1 saturated heterocycles. The SMILES string of the molecule is C[C@@]12C[C@@H](c3ccccc3O1)[C@@H](C(N)=O)C(=O)N2CCc1c[nH]c2ccc(O)cc12. The summed E-state index contributed by atoms with van der Waals surface area (Å²) in [7, 11) is 0. The Labute approximate surface area is 173 Å². The Morgan fingerprint density at radius 3 is 2.93 bits per heavy atom. The highest BCUT2D eigenvalue weighted by Crippen LogP contribution is 2.50. The molecule has 2 bridgehead atoms. The summed E-state index contributed by atoms with van der Waals surface area (Å²) in [6, 6.07) is 12.7. The van der Waals surface area contributed by atoms with Crippen LogP contribution in [0.2, 0.25) is 0 Å². The lowest BCUT2D eigenvalue weighted by atomic mass is 9.73. The molecule has 0 unspecified atom stereocenters. The van der Waals surface area contributed by atoms with Gasteiger partial charge in [0.1, 0.15) is 17.4 Å². The molecule has 2 amide bonds. The summed E-state index contributed by atoms with van der Waals surface area (Å²) in [5, 5.41) is 10.7. The summed E-state index contributed by atoms with van der Waals surface area (Å²) in [5.74, 6) is -1.21. The number of aromatic hydroxyl groups is 1. The minimum absolute atomic E-state index is 0.188. The number of nitrogens with zero attached hydrogens (tertiary/aromatic N) is 1. The first-order chi connectivity index (χ1) is 14.4. The van der Waals surface area contributed by atoms with E-state index in [1.807, 2.05) is 43.5 Å². The topological polar surface area (TPSA) is 109 Å². The molecule has 5 rings (SSSR count). The third-order valence-corrected chi connectivity index (χ3v) is 6.41. The van der Waals surface area contributed by atoms with E-state index in [0.717, 1.165) is 22.0 Å². The average molecular weight is 405 g/mol. The highest BCUT2D eigenvalue weighted by molar-refractivity contribution is 6.02. The van der Waals surface area contributed by atoms with Crippen molar-refractivity contribution in [3.8, 4) is 11.5 Å². The first-order valence-electron chi connectivity index (χ1n) is 10.0. The van der Waals surface area contributed by atoms with Crippen LogP contribution in [-0.2, 0) is 16.0 Å². The van der Waals surface area contributed by atoms with Crippen LogP contribution in [0.25, 0.3) is 10.9 Å². The van der Waals surface area contributed by atoms with Crippen LogP contribution in [0.4, 0.5) is 0 Å². The van der Waals surface area contributed by atoms with Gasteiger partial charge in [0.05, 0.1) is 0 Å². The predicted octanol–water partition coefficient (Wildman–Crippen LogP) is 2.64. The zero-order valence-corrected chi connectivity index (χ0v) is 16.6. The third kappa shape index (κ3) is 2.73. The largest absolute Gasteiger partial charge is 0.508 e. The Morgan fingerprint density at radius 2 is 2.13 bits per heavy atom. The van der Waals surface area contributed by atoms with Crippen LogP contribution in [0.3, 0.4) is 0 Å². The van der Waals surface area contributed by atoms with E-state index < -0.39 is 17.6 Å². The maximum atomic E-state index is 13.4. The molecule has 0 saturated carbocycles. The molecule has 0 radical (unpaired) electrons. The van der Waals surface area contributed by atoms with Crippen molar-refractivity contribution in [1.82, 2.24) is 9.88 Å². The van der Waals surface area contributed by atoms with E-state index in [2.05, 4.69) is 4.98 Å². The number of hydrogen-bond donors (Lipinski definition) is 3. The third-order valence-electron chi connectivity index (χ3n) is 6.41. The predicted molar refractivity (Wildman–Crippen MR) is 111 cm³/mol. The van der Waals surface area contributed by atoms with Crippen LogP contribution >= 0.6 is 0 Å². The van der Waals surface area contributed by atoms with E-state index in [4.69, 9.17) is 10.5 Å². The molecule has 0 spiro atoms. The number of H-pyrrole nitrogens is 1. The van der Waals surface area contributed by atoms with Gasteiger partial charge in [-0.15, -0.1) is 0 Å². The van der Waals surface area contributed by atoms with Crippen LogP contribution in [0, 0.1) is 5.92 Å². The number of phenols is 1. The Bertz CT molecular complexity index is 1170. The number of hydrogen-bond acceptors (Lipinski definition) is 4. The van der Waals surface area contributed by atoms with Crippen LogP contribution in [-0.4, -0.2) is 39.1 Å². The van der Waals surface area contributed by atoms with Gasteiger partial charge in [-0.1, -0.05) is 18.2 Å². The summed E-state index contributed by atoms with van der Waals surface area (Å²) < 4.78 is 6.28. The molecule has 3 aromatic rings. The maximum Gasteiger partial charge on any atom is 0.238 e. The number of ether oxygens (including phenoxy) is 1. The first kappa shape index (κ1) is 18.5. The number of amides is 2. The van der Waals surface area contributed by atoms with E-state index in [9.17, 15) is 14.7 Å². The average Bonchev–Trinajstić information content (AvgIpc) is 3.09. The monoisotopic (exact) mass is 405 g/mol. The van der Waals surface area contributed by atoms with E-state index in [0.29, 0.717) is 25.1 Å². The first-order valence-corrected chi connectivity index (χ1v) is 10.0. The second kappa shape index (κ2) is 6.52. The summed E-state index contributed by atoms with van der Waals surface area (Å²) in [4.78, 5) is 30.5. The number of likely N-dealkylation sites (tertiary alicyclic amines) is 1. The van der Waals surface area contributed by atoms with Gasteiger partial charge in [0.2, 0.25) is 11.8 Å². The van der Waals surface area contributed by atoms with Gasteiger partial charge in [0, 0.05) is 36.0 Å². The molecule has 0 aliphatic carbocycles. The smallest absolute Gasteiger partial charge is 0.238 e. The molecular formula is C23H23N3O4. The van der Waals surface area contributed by atoms with Gasteiger partial charge in [0.25, 0.3) is 0 Å². The van der Waals surface area contributed by atoms with E-state index >= 15 is 0 Å². The Hall–Kier alpha value is -3.48. The van der Waals surface area contributed by atoms with Crippen LogP contribution in [0.5, 0.6) is 11.5 Å². The summed E-state index contributed by atoms with van der Waals surface area (Å²) in [6.45, 7) is 2.27. The molecule has 1 fully saturated rings. The number of carbonyl (C=O) groups excluding carboxylic acids is 2. The van der Waals surface area contributed by atoms with Crippen LogP contribution in [0.15, 0.2) is 48.7 Å². The summed E-state index contributed by atoms with van der Waals surface area (Å²) >= 11 is 0. The highest BCUT2D eigenvalue weighted by atomic mass is 16.5. The Morgan fingerprint density at radius 1 is 1.33 bits per heavy atom. The number of benzene rings is 2. The second-order valence-corrected chi connectivity index (χ2v) is 8.29. The number of carbonyl (C=O) groups is 2. The molecule has 1 aromatic heterocycles. The minimum atomic E-state index is -0.907. The molecule has 7 nitrogen and oxygen atoms in total. The number of primary amides is 1. The lowest BCUT2D eigenvalue weighted by Gasteiger charge is -2.52. The van der Waals surface area contributed by atoms with Gasteiger partial charge in [0.15, 0.2) is 5.72 Å². The Kier molecular flexibility index (Phi) is 4.03. The molecule has 2 aliphatic rings. The molecule has 2 aromatic carbocycles. The van der Waals surface area contributed by atoms with Gasteiger partial charge in [-0.25, -0.2) is 0 Å². The molecule has 3 atom stereocenters. The number of rotatable bonds is 4. The minimum Gasteiger partial charge on any atom is -0.508 e. The number of aromatic amines is 1. The molecule has 7 heteroatoms. The molecule has 3 heterocycles. The Balaban J connectivity index is 1.49. The zero-order valence-electron chi connectivity index (χ0n) is 16.6. The quantitative estimate of drug-likeness (QED) is 0.580. The lowest BCUT2D eigenvalue weighted by molar-refractivity contribution is -0.175.